The third kappa shape index (κ3) is 8.18. The molecule has 210 valence electrons. The van der Waals surface area contributed by atoms with Gasteiger partial charge in [-0.05, 0) is 35.1 Å². The molecule has 1 atom stereocenters. The number of carboxylic acid groups (broad SMARTS) is 1. The van der Waals surface area contributed by atoms with Crippen LogP contribution in [0.5, 0.6) is 0 Å². The third-order valence-corrected chi connectivity index (χ3v) is 5.82. The van der Waals surface area contributed by atoms with Crippen LogP contribution in [0.3, 0.4) is 0 Å². The van der Waals surface area contributed by atoms with Crippen LogP contribution in [-0.2, 0) is 19.0 Å². The molecule has 12 nitrogen and oxygen atoms in total. The van der Waals surface area contributed by atoms with E-state index in [2.05, 4.69) is 38.8 Å². The Bertz CT molecular complexity index is 1250. The van der Waals surface area contributed by atoms with E-state index in [0.29, 0.717) is 0 Å². The number of carbonyl (C=O) groups is 4. The van der Waals surface area contributed by atoms with E-state index in [1.807, 2.05) is 48.5 Å². The van der Waals surface area contributed by atoms with Crippen molar-refractivity contribution >= 4 is 30.2 Å². The SMILES string of the molecule is C=CCOC(=O)NC(=NCCC[C@H](NC(=O)OCC1c2ccccc2-c2ccccc21)C(=O)O)NC(=O)OC=C. The number of fused-ring (bicyclic) bond motifs is 3. The van der Waals surface area contributed by atoms with Crippen molar-refractivity contribution in [2.45, 2.75) is 24.8 Å². The zero-order chi connectivity index (χ0) is 28.9. The van der Waals surface area contributed by atoms with E-state index in [0.717, 1.165) is 28.5 Å². The van der Waals surface area contributed by atoms with Crippen molar-refractivity contribution in [3.05, 3.63) is 85.2 Å². The second-order valence-electron chi connectivity index (χ2n) is 8.44. The van der Waals surface area contributed by atoms with Crippen LogP contribution in [0, 0.1) is 0 Å². The molecule has 1 aliphatic rings. The van der Waals surface area contributed by atoms with E-state index >= 15 is 0 Å². The number of carboxylic acids is 1. The molecule has 3 amide bonds. The van der Waals surface area contributed by atoms with Crippen LogP contribution in [0.15, 0.2) is 79.0 Å². The average Bonchev–Trinajstić information content (AvgIpc) is 3.26. The maximum atomic E-state index is 12.5. The first-order chi connectivity index (χ1) is 19.3. The molecule has 0 unspecified atom stereocenters. The van der Waals surface area contributed by atoms with Crippen LogP contribution in [0.1, 0.15) is 29.9 Å². The minimum Gasteiger partial charge on any atom is -0.480 e. The summed E-state index contributed by atoms with van der Waals surface area (Å²) in [5.41, 5.74) is 4.22. The molecule has 0 saturated carbocycles. The lowest BCUT2D eigenvalue weighted by molar-refractivity contribution is -0.139. The summed E-state index contributed by atoms with van der Waals surface area (Å²) in [4.78, 5) is 51.7. The van der Waals surface area contributed by atoms with Gasteiger partial charge in [0.05, 0.1) is 6.26 Å². The fraction of sp³-hybridized carbons (Fsp3) is 0.250. The smallest absolute Gasteiger partial charge is 0.418 e. The number of benzene rings is 2. The Balaban J connectivity index is 1.54. The van der Waals surface area contributed by atoms with Crippen molar-refractivity contribution in [1.82, 2.24) is 16.0 Å². The summed E-state index contributed by atoms with van der Waals surface area (Å²) in [5, 5.41) is 16.4. The lowest BCUT2D eigenvalue weighted by Gasteiger charge is -2.17. The Hall–Kier alpha value is -5.13. The van der Waals surface area contributed by atoms with Gasteiger partial charge in [0.2, 0.25) is 5.96 Å². The number of nitrogens with zero attached hydrogens (tertiary/aromatic N) is 1. The number of guanidine groups is 1. The van der Waals surface area contributed by atoms with Gasteiger partial charge in [-0.1, -0.05) is 67.8 Å². The highest BCUT2D eigenvalue weighted by atomic mass is 16.6. The second-order valence-corrected chi connectivity index (χ2v) is 8.44. The fourth-order valence-electron chi connectivity index (χ4n) is 4.11. The zero-order valence-electron chi connectivity index (χ0n) is 21.6. The molecule has 0 bridgehead atoms. The van der Waals surface area contributed by atoms with Crippen LogP contribution < -0.4 is 16.0 Å². The number of ether oxygens (including phenoxy) is 3. The Morgan fingerprint density at radius 1 is 0.925 bits per heavy atom. The zero-order valence-corrected chi connectivity index (χ0v) is 21.6. The molecule has 0 aliphatic heterocycles. The van der Waals surface area contributed by atoms with Crippen LogP contribution >= 0.6 is 0 Å². The molecule has 3 rings (SSSR count). The number of rotatable bonds is 11. The Morgan fingerprint density at radius 2 is 1.55 bits per heavy atom. The first-order valence-electron chi connectivity index (χ1n) is 12.4. The lowest BCUT2D eigenvalue weighted by atomic mass is 9.98. The summed E-state index contributed by atoms with van der Waals surface area (Å²) < 4.78 is 14.7. The van der Waals surface area contributed by atoms with Gasteiger partial charge in [-0.2, -0.15) is 0 Å². The van der Waals surface area contributed by atoms with Crippen molar-refractivity contribution in [2.75, 3.05) is 19.8 Å². The molecule has 0 spiro atoms. The highest BCUT2D eigenvalue weighted by molar-refractivity contribution is 6.01. The Labute approximate surface area is 230 Å². The highest BCUT2D eigenvalue weighted by Gasteiger charge is 2.29. The number of hydrogen-bond donors (Lipinski definition) is 4. The van der Waals surface area contributed by atoms with Gasteiger partial charge in [0.15, 0.2) is 0 Å². The van der Waals surface area contributed by atoms with Crippen molar-refractivity contribution in [2.24, 2.45) is 4.99 Å². The number of alkyl carbamates (subject to hydrolysis) is 3. The van der Waals surface area contributed by atoms with Gasteiger partial charge < -0.3 is 24.6 Å². The Kier molecular flexibility index (Phi) is 10.8. The number of aliphatic imine (C=N–C) groups is 1. The minimum absolute atomic E-state index is 0.00563. The predicted octanol–water partition coefficient (Wildman–Crippen LogP) is 3.90. The van der Waals surface area contributed by atoms with E-state index in [1.54, 1.807) is 0 Å². The van der Waals surface area contributed by atoms with Gasteiger partial charge in [-0.3, -0.25) is 15.6 Å². The normalized spacial score (nSPS) is 12.7. The number of carbonyl (C=O) groups excluding carboxylic acids is 3. The van der Waals surface area contributed by atoms with E-state index in [4.69, 9.17) is 9.47 Å². The van der Waals surface area contributed by atoms with Gasteiger partial charge in [0.1, 0.15) is 19.3 Å². The monoisotopic (exact) mass is 550 g/mol. The summed E-state index contributed by atoms with van der Waals surface area (Å²) in [6.45, 7) is 6.63. The first kappa shape index (κ1) is 29.4. The third-order valence-electron chi connectivity index (χ3n) is 5.82. The van der Waals surface area contributed by atoms with Crippen molar-refractivity contribution < 1.29 is 38.5 Å². The minimum atomic E-state index is -1.25. The van der Waals surface area contributed by atoms with Gasteiger partial charge in [-0.15, -0.1) is 0 Å². The molecule has 12 heteroatoms. The van der Waals surface area contributed by atoms with E-state index in [9.17, 15) is 24.3 Å². The number of hydrogen-bond acceptors (Lipinski definition) is 8. The number of nitrogens with one attached hydrogen (secondary N) is 3. The average molecular weight is 551 g/mol. The Morgan fingerprint density at radius 3 is 2.15 bits per heavy atom. The second kappa shape index (κ2) is 14.7. The van der Waals surface area contributed by atoms with Gasteiger partial charge in [0.25, 0.3) is 0 Å². The maximum absolute atomic E-state index is 12.5. The summed E-state index contributed by atoms with van der Waals surface area (Å²) >= 11 is 0. The molecule has 0 aromatic heterocycles. The molecule has 40 heavy (non-hydrogen) atoms. The molecule has 0 fully saturated rings. The number of aliphatic carboxylic acids is 1. The van der Waals surface area contributed by atoms with Crippen molar-refractivity contribution in [3.63, 3.8) is 0 Å². The lowest BCUT2D eigenvalue weighted by Crippen LogP contribution is -2.44. The molecule has 4 N–H and O–H groups in total. The van der Waals surface area contributed by atoms with E-state index in [-0.39, 0.29) is 44.5 Å². The first-order valence-corrected chi connectivity index (χ1v) is 12.4. The summed E-state index contributed by atoms with van der Waals surface area (Å²) in [7, 11) is 0. The number of amides is 3. The highest BCUT2D eigenvalue weighted by Crippen LogP contribution is 2.44. The van der Waals surface area contributed by atoms with Crippen molar-refractivity contribution in [3.8, 4) is 11.1 Å². The summed E-state index contributed by atoms with van der Waals surface area (Å²) in [6.07, 6.45) is -0.323. The topological polar surface area (TPSA) is 165 Å². The summed E-state index contributed by atoms with van der Waals surface area (Å²) in [5.74, 6) is -1.70. The van der Waals surface area contributed by atoms with Gasteiger partial charge >= 0.3 is 24.2 Å². The molecule has 0 saturated heterocycles. The van der Waals surface area contributed by atoms with Crippen LogP contribution in [-0.4, -0.2) is 61.1 Å². The quantitative estimate of drug-likeness (QED) is 0.0817. The van der Waals surface area contributed by atoms with E-state index < -0.39 is 30.3 Å². The largest absolute Gasteiger partial charge is 0.480 e. The van der Waals surface area contributed by atoms with Crippen LogP contribution in [0.4, 0.5) is 14.4 Å². The maximum Gasteiger partial charge on any atom is 0.418 e. The fourth-order valence-corrected chi connectivity index (χ4v) is 4.11. The molecule has 0 heterocycles. The van der Waals surface area contributed by atoms with Crippen LogP contribution in [0.25, 0.3) is 11.1 Å². The van der Waals surface area contributed by atoms with Gasteiger partial charge in [-0.25, -0.2) is 19.2 Å². The van der Waals surface area contributed by atoms with Crippen molar-refractivity contribution in [1.29, 1.82) is 0 Å². The molecule has 1 aliphatic carbocycles. The molecule has 2 aromatic carbocycles. The molecular weight excluding hydrogens is 520 g/mol. The predicted molar refractivity (Wildman–Crippen MR) is 146 cm³/mol. The van der Waals surface area contributed by atoms with Gasteiger partial charge in [0, 0.05) is 12.5 Å². The standard InChI is InChI=1S/C28H30N4O8/c1-3-16-39-28(37)32-25(31-27(36)38-4-2)29-15-9-14-23(24(33)34)30-26(35)40-17-22-20-12-7-5-10-18(20)19-11-6-8-13-21(19)22/h3-8,10-13,22-23H,1-2,9,14-17H2,(H,30,35)(H,33,34)(H2,29,31,32,36,37)/t23-/m0/s1. The summed E-state index contributed by atoms with van der Waals surface area (Å²) in [6, 6.07) is 14.5. The molecular formula is C28H30N4O8. The van der Waals surface area contributed by atoms with Crippen LogP contribution in [0.2, 0.25) is 0 Å². The van der Waals surface area contributed by atoms with E-state index in [1.165, 1.54) is 6.08 Å². The molecule has 0 radical (unpaired) electrons. The molecule has 2 aromatic rings.